The van der Waals surface area contributed by atoms with Crippen molar-refractivity contribution in [3.05, 3.63) is 11.8 Å². The van der Waals surface area contributed by atoms with Gasteiger partial charge in [-0.25, -0.2) is 8.42 Å². The quantitative estimate of drug-likeness (QED) is 0.851. The second-order valence-electron chi connectivity index (χ2n) is 5.62. The maximum atomic E-state index is 12.5. The minimum absolute atomic E-state index is 0.00879. The molecule has 22 heavy (non-hydrogen) atoms. The summed E-state index contributed by atoms with van der Waals surface area (Å²) < 4.78 is 31.9. The van der Waals surface area contributed by atoms with Crippen LogP contribution in [-0.2, 0) is 26.1 Å². The second kappa shape index (κ2) is 5.98. The number of rotatable bonds is 4. The molecule has 1 atom stereocenters. The van der Waals surface area contributed by atoms with E-state index < -0.39 is 21.5 Å². The summed E-state index contributed by atoms with van der Waals surface area (Å²) in [6.45, 7) is 6.58. The number of morpholine rings is 1. The van der Waals surface area contributed by atoms with Crippen molar-refractivity contribution in [3.63, 3.8) is 0 Å². The summed E-state index contributed by atoms with van der Waals surface area (Å²) in [5, 5.41) is 6.96. The first-order valence-electron chi connectivity index (χ1n) is 7.10. The van der Waals surface area contributed by atoms with E-state index in [1.807, 2.05) is 13.8 Å². The van der Waals surface area contributed by atoms with Crippen LogP contribution in [-0.4, -0.2) is 60.0 Å². The first-order chi connectivity index (χ1) is 10.2. The number of ether oxygens (including phenoxy) is 1. The fourth-order valence-corrected chi connectivity index (χ4v) is 3.28. The van der Waals surface area contributed by atoms with Gasteiger partial charge in [0.25, 0.3) is 5.91 Å². The van der Waals surface area contributed by atoms with E-state index >= 15 is 0 Å². The van der Waals surface area contributed by atoms with E-state index in [2.05, 4.69) is 10.4 Å². The van der Waals surface area contributed by atoms with Crippen LogP contribution in [0.15, 0.2) is 6.07 Å². The highest BCUT2D eigenvalue weighted by Crippen LogP contribution is 2.22. The number of hydrogen-bond acceptors (Lipinski definition) is 5. The molecule has 1 aliphatic heterocycles. The Morgan fingerprint density at radius 2 is 2.23 bits per heavy atom. The van der Waals surface area contributed by atoms with Crippen molar-refractivity contribution in [2.75, 3.05) is 31.3 Å². The molecule has 1 saturated heterocycles. The van der Waals surface area contributed by atoms with Crippen LogP contribution in [0.25, 0.3) is 0 Å². The third-order valence-corrected chi connectivity index (χ3v) is 4.96. The Morgan fingerprint density at radius 3 is 2.77 bits per heavy atom. The van der Waals surface area contributed by atoms with E-state index in [-0.39, 0.29) is 19.7 Å². The zero-order valence-electron chi connectivity index (χ0n) is 13.3. The first-order valence-corrected chi connectivity index (χ1v) is 8.95. The fourth-order valence-electron chi connectivity index (χ4n) is 2.39. The summed E-state index contributed by atoms with van der Waals surface area (Å²) in [6, 6.07) is 1.77. The van der Waals surface area contributed by atoms with Crippen LogP contribution in [0.5, 0.6) is 0 Å². The van der Waals surface area contributed by atoms with E-state index in [0.29, 0.717) is 12.4 Å². The van der Waals surface area contributed by atoms with Gasteiger partial charge in [0, 0.05) is 24.8 Å². The summed E-state index contributed by atoms with van der Waals surface area (Å²) in [5.74, 6) is 0.0345. The molecule has 0 bridgehead atoms. The van der Waals surface area contributed by atoms with Gasteiger partial charge in [-0.05, 0) is 20.8 Å². The number of aryl methyl sites for hydroxylation is 2. The van der Waals surface area contributed by atoms with Crippen LogP contribution in [0.4, 0.5) is 5.82 Å². The molecule has 1 fully saturated rings. The molecule has 1 aromatic rings. The molecule has 124 valence electrons. The van der Waals surface area contributed by atoms with Crippen molar-refractivity contribution in [1.29, 1.82) is 0 Å². The lowest BCUT2D eigenvalue weighted by molar-refractivity contribution is -0.146. The van der Waals surface area contributed by atoms with Crippen molar-refractivity contribution in [1.82, 2.24) is 14.1 Å². The van der Waals surface area contributed by atoms with Gasteiger partial charge < -0.3 is 10.1 Å². The molecule has 1 aromatic heterocycles. The molecule has 0 saturated carbocycles. The molecule has 0 aliphatic carbocycles. The van der Waals surface area contributed by atoms with E-state index in [0.717, 1.165) is 11.9 Å². The average molecular weight is 330 g/mol. The van der Waals surface area contributed by atoms with Crippen LogP contribution in [0.3, 0.4) is 0 Å². The Balaban J connectivity index is 2.13. The van der Waals surface area contributed by atoms with Gasteiger partial charge in [-0.2, -0.15) is 9.40 Å². The van der Waals surface area contributed by atoms with Crippen molar-refractivity contribution < 1.29 is 17.9 Å². The molecule has 1 amide bonds. The summed E-state index contributed by atoms with van der Waals surface area (Å²) >= 11 is 0. The van der Waals surface area contributed by atoms with Crippen molar-refractivity contribution in [3.8, 4) is 0 Å². The fraction of sp³-hybridized carbons (Fsp3) is 0.692. The normalized spacial score (nSPS) is 23.5. The van der Waals surface area contributed by atoms with Gasteiger partial charge >= 0.3 is 0 Å². The molecule has 2 heterocycles. The molecule has 0 aromatic carbocycles. The van der Waals surface area contributed by atoms with Crippen molar-refractivity contribution in [2.45, 2.75) is 32.9 Å². The number of carbonyl (C=O) groups excluding carboxylic acids is 1. The topological polar surface area (TPSA) is 93.5 Å². The van der Waals surface area contributed by atoms with E-state index in [1.165, 1.54) is 4.31 Å². The molecule has 1 aliphatic rings. The van der Waals surface area contributed by atoms with E-state index in [1.54, 1.807) is 17.7 Å². The Kier molecular flexibility index (Phi) is 4.59. The number of anilines is 1. The maximum Gasteiger partial charge on any atom is 0.258 e. The number of carbonyl (C=O) groups is 1. The van der Waals surface area contributed by atoms with E-state index in [9.17, 15) is 13.2 Å². The molecule has 0 unspecified atom stereocenters. The zero-order chi connectivity index (χ0) is 16.5. The Labute approximate surface area is 130 Å². The third kappa shape index (κ3) is 3.47. The minimum Gasteiger partial charge on any atom is -0.363 e. The molecule has 0 radical (unpaired) electrons. The average Bonchev–Trinajstić information content (AvgIpc) is 2.77. The van der Waals surface area contributed by atoms with E-state index in [4.69, 9.17) is 4.74 Å². The molecular weight excluding hydrogens is 308 g/mol. The van der Waals surface area contributed by atoms with Crippen molar-refractivity contribution in [2.24, 2.45) is 0 Å². The zero-order valence-corrected chi connectivity index (χ0v) is 14.1. The first kappa shape index (κ1) is 16.9. The molecule has 0 spiro atoms. The Bertz CT molecular complexity index is 670. The molecule has 2 rings (SSSR count). The van der Waals surface area contributed by atoms with Crippen LogP contribution in [0.1, 0.15) is 19.5 Å². The highest BCUT2D eigenvalue weighted by Gasteiger charge is 2.42. The molecule has 9 heteroatoms. The number of aromatic nitrogens is 2. The molecular formula is C13H22N4O4S. The summed E-state index contributed by atoms with van der Waals surface area (Å²) in [6.07, 6.45) is 1.13. The highest BCUT2D eigenvalue weighted by molar-refractivity contribution is 7.88. The van der Waals surface area contributed by atoms with Gasteiger partial charge in [0.1, 0.15) is 0 Å². The van der Waals surface area contributed by atoms with Gasteiger partial charge in [-0.3, -0.25) is 9.48 Å². The minimum atomic E-state index is -3.36. The number of sulfonamides is 1. The lowest BCUT2D eigenvalue weighted by atomic mass is 10.0. The SMILES string of the molecule is CCn1nc(NC(=O)[C@]2(C)CN(S(C)(=O)=O)CCO2)cc1C. The second-order valence-corrected chi connectivity index (χ2v) is 7.60. The summed E-state index contributed by atoms with van der Waals surface area (Å²) in [5.41, 5.74) is -0.295. The summed E-state index contributed by atoms with van der Waals surface area (Å²) in [4.78, 5) is 12.5. The standard InChI is InChI=1S/C13H22N4O4S/c1-5-17-10(2)8-11(15-17)14-12(18)13(3)9-16(6-7-21-13)22(4,19)20/h8H,5-7,9H2,1-4H3,(H,14,15,18)/t13-/m0/s1. The van der Waals surface area contributed by atoms with Crippen LogP contribution in [0, 0.1) is 6.92 Å². The van der Waals surface area contributed by atoms with Crippen LogP contribution < -0.4 is 5.32 Å². The third-order valence-electron chi connectivity index (χ3n) is 3.71. The Morgan fingerprint density at radius 1 is 1.55 bits per heavy atom. The Hall–Kier alpha value is -1.45. The largest absolute Gasteiger partial charge is 0.363 e. The van der Waals surface area contributed by atoms with Crippen molar-refractivity contribution >= 4 is 21.7 Å². The number of nitrogens with one attached hydrogen (secondary N) is 1. The van der Waals surface area contributed by atoms with Gasteiger partial charge in [0.05, 0.1) is 19.4 Å². The predicted molar refractivity (Wildman–Crippen MR) is 82.0 cm³/mol. The van der Waals surface area contributed by atoms with Crippen LogP contribution in [0.2, 0.25) is 0 Å². The number of amides is 1. The molecule has 1 N–H and O–H groups in total. The van der Waals surface area contributed by atoms with Gasteiger partial charge in [-0.15, -0.1) is 0 Å². The van der Waals surface area contributed by atoms with Gasteiger partial charge in [-0.1, -0.05) is 0 Å². The number of hydrogen-bond donors (Lipinski definition) is 1. The predicted octanol–water partition coefficient (Wildman–Crippen LogP) is 0.200. The van der Waals surface area contributed by atoms with Crippen LogP contribution >= 0.6 is 0 Å². The van der Waals surface area contributed by atoms with Gasteiger partial charge in [0.2, 0.25) is 10.0 Å². The highest BCUT2D eigenvalue weighted by atomic mass is 32.2. The monoisotopic (exact) mass is 330 g/mol. The number of nitrogens with zero attached hydrogens (tertiary/aromatic N) is 3. The molecule has 8 nitrogen and oxygen atoms in total. The smallest absolute Gasteiger partial charge is 0.258 e. The maximum absolute atomic E-state index is 12.5. The summed E-state index contributed by atoms with van der Waals surface area (Å²) in [7, 11) is -3.36. The lowest BCUT2D eigenvalue weighted by Gasteiger charge is -2.37. The lowest BCUT2D eigenvalue weighted by Crippen LogP contribution is -2.57. The van der Waals surface area contributed by atoms with Gasteiger partial charge in [0.15, 0.2) is 11.4 Å².